The molecule has 0 spiro atoms. The lowest BCUT2D eigenvalue weighted by Crippen LogP contribution is -2.47. The lowest BCUT2D eigenvalue weighted by Gasteiger charge is -2.36. The Labute approximate surface area is 293 Å². The van der Waals surface area contributed by atoms with Gasteiger partial charge in [-0.3, -0.25) is 0 Å². The van der Waals surface area contributed by atoms with Crippen LogP contribution in [0.2, 0.25) is 36.3 Å². The standard InChI is InChI=1S/C38H46O2S4Si2/c1-37(2,3)45(9,10)29-21-27-31(23-13-17-25(39-7)18-14-23)43-35(33(27)41-29)36-34-28(22-30(42-34)46(11,12)38(4,5)6)32(44-36)24-15-19-26(40-8)20-16-24/h13-22H,1-12H3. The second-order valence-electron chi connectivity index (χ2n) is 15.4. The summed E-state index contributed by atoms with van der Waals surface area (Å²) in [5, 5.41) is 3.35. The zero-order valence-electron chi connectivity index (χ0n) is 29.2. The van der Waals surface area contributed by atoms with Gasteiger partial charge in [0.1, 0.15) is 11.5 Å². The van der Waals surface area contributed by atoms with Crippen molar-refractivity contribution in [3.8, 4) is 42.1 Å². The fourth-order valence-corrected chi connectivity index (χ4v) is 17.4. The van der Waals surface area contributed by atoms with Crippen molar-refractivity contribution in [2.75, 3.05) is 14.2 Å². The van der Waals surface area contributed by atoms with Gasteiger partial charge in [0.2, 0.25) is 0 Å². The number of thiophene rings is 4. The van der Waals surface area contributed by atoms with E-state index in [1.54, 1.807) is 23.2 Å². The molecule has 46 heavy (non-hydrogen) atoms. The molecule has 0 aliphatic carbocycles. The predicted molar refractivity (Wildman–Crippen MR) is 216 cm³/mol. The average molecular weight is 719 g/mol. The molecule has 0 aliphatic heterocycles. The normalized spacial score (nSPS) is 13.2. The number of ether oxygens (including phenoxy) is 2. The second kappa shape index (κ2) is 11.7. The number of fused-ring (bicyclic) bond motifs is 2. The molecule has 0 bridgehead atoms. The summed E-state index contributed by atoms with van der Waals surface area (Å²) in [6, 6.07) is 22.4. The minimum absolute atomic E-state index is 0.267. The molecule has 6 rings (SSSR count). The van der Waals surface area contributed by atoms with Gasteiger partial charge in [-0.05, 0) is 90.9 Å². The smallest absolute Gasteiger partial charge is 0.118 e. The zero-order chi connectivity index (χ0) is 33.4. The van der Waals surface area contributed by atoms with Crippen molar-refractivity contribution in [2.45, 2.75) is 77.8 Å². The number of hydrogen-bond donors (Lipinski definition) is 0. The molecule has 2 nitrogen and oxygen atoms in total. The summed E-state index contributed by atoms with van der Waals surface area (Å²) in [6.45, 7) is 24.7. The van der Waals surface area contributed by atoms with E-state index in [1.165, 1.54) is 50.8 Å². The molecule has 242 valence electrons. The molecule has 0 fully saturated rings. The first-order valence-electron chi connectivity index (χ1n) is 15.9. The molecule has 4 heterocycles. The molecule has 2 aromatic carbocycles. The molecule has 8 heteroatoms. The van der Waals surface area contributed by atoms with Gasteiger partial charge in [0.15, 0.2) is 0 Å². The molecule has 0 atom stereocenters. The number of rotatable bonds is 7. The maximum absolute atomic E-state index is 5.52. The van der Waals surface area contributed by atoms with Crippen molar-refractivity contribution in [1.29, 1.82) is 0 Å². The fraction of sp³-hybridized carbons (Fsp3) is 0.368. The maximum Gasteiger partial charge on any atom is 0.118 e. The van der Waals surface area contributed by atoms with E-state index >= 15 is 0 Å². The van der Waals surface area contributed by atoms with Crippen LogP contribution in [-0.4, -0.2) is 30.4 Å². The van der Waals surface area contributed by atoms with Crippen LogP contribution in [0.1, 0.15) is 41.5 Å². The van der Waals surface area contributed by atoms with Crippen LogP contribution in [0.3, 0.4) is 0 Å². The lowest BCUT2D eigenvalue weighted by atomic mass is 10.1. The minimum Gasteiger partial charge on any atom is -0.497 e. The number of methoxy groups -OCH3 is 2. The van der Waals surface area contributed by atoms with Crippen molar-refractivity contribution in [3.63, 3.8) is 0 Å². The third kappa shape index (κ3) is 5.56. The summed E-state index contributed by atoms with van der Waals surface area (Å²) >= 11 is 8.07. The Morgan fingerprint density at radius 2 is 0.804 bits per heavy atom. The summed E-state index contributed by atoms with van der Waals surface area (Å²) in [7, 11) is -0.00194. The van der Waals surface area contributed by atoms with Crippen LogP contribution < -0.4 is 18.5 Å². The summed E-state index contributed by atoms with van der Waals surface area (Å²) < 4.78 is 17.1. The quantitative estimate of drug-likeness (QED) is 0.153. The Balaban J connectivity index is 1.65. The molecule has 0 saturated heterocycles. The Morgan fingerprint density at radius 3 is 1.09 bits per heavy atom. The summed E-state index contributed by atoms with van der Waals surface area (Å²) in [6.07, 6.45) is 0. The van der Waals surface area contributed by atoms with Gasteiger partial charge in [0.05, 0.1) is 49.5 Å². The first-order valence-corrected chi connectivity index (χ1v) is 25.2. The molecular weight excluding hydrogens is 673 g/mol. The van der Waals surface area contributed by atoms with Crippen LogP contribution in [0, 0.1) is 0 Å². The highest BCUT2D eigenvalue weighted by atomic mass is 32.1. The molecule has 0 saturated carbocycles. The van der Waals surface area contributed by atoms with E-state index in [1.807, 2.05) is 22.7 Å². The fourth-order valence-electron chi connectivity index (χ4n) is 5.43. The molecule has 0 aliphatic rings. The molecule has 0 N–H and O–H groups in total. The van der Waals surface area contributed by atoms with E-state index in [0.29, 0.717) is 0 Å². The zero-order valence-corrected chi connectivity index (χ0v) is 34.5. The van der Waals surface area contributed by atoms with E-state index in [2.05, 4.69) is 151 Å². The van der Waals surface area contributed by atoms with Crippen molar-refractivity contribution < 1.29 is 9.47 Å². The molecule has 0 radical (unpaired) electrons. The van der Waals surface area contributed by atoms with Gasteiger partial charge in [-0.1, -0.05) is 67.7 Å². The van der Waals surface area contributed by atoms with Crippen LogP contribution in [0.25, 0.3) is 50.8 Å². The van der Waals surface area contributed by atoms with Crippen LogP contribution in [0.15, 0.2) is 60.7 Å². The van der Waals surface area contributed by atoms with Crippen LogP contribution >= 0.6 is 45.3 Å². The van der Waals surface area contributed by atoms with Crippen LogP contribution in [0.5, 0.6) is 11.5 Å². The maximum atomic E-state index is 5.52. The highest BCUT2D eigenvalue weighted by Gasteiger charge is 2.40. The summed E-state index contributed by atoms with van der Waals surface area (Å²) in [4.78, 5) is 5.58. The van der Waals surface area contributed by atoms with E-state index < -0.39 is 16.1 Å². The SMILES string of the molecule is COc1ccc(-c2sc(-c3sc(-c4ccc(OC)cc4)c4cc([Si](C)(C)C(C)(C)C)sc34)c3sc([Si](C)(C)C(C)(C)C)cc23)cc1. The summed E-state index contributed by atoms with van der Waals surface area (Å²) in [5.41, 5.74) is 2.52. The molecule has 0 amide bonds. The van der Waals surface area contributed by atoms with E-state index in [9.17, 15) is 0 Å². The van der Waals surface area contributed by atoms with Gasteiger partial charge in [-0.2, -0.15) is 0 Å². The Hall–Kier alpha value is -2.21. The highest BCUT2D eigenvalue weighted by molar-refractivity contribution is 7.39. The minimum atomic E-state index is -1.74. The molecular formula is C38H46O2S4Si2. The van der Waals surface area contributed by atoms with Crippen molar-refractivity contribution >= 4 is 90.7 Å². The Kier molecular flexibility index (Phi) is 8.60. The predicted octanol–water partition coefficient (Wildman–Crippen LogP) is 12.7. The first kappa shape index (κ1) is 33.7. The van der Waals surface area contributed by atoms with E-state index in [4.69, 9.17) is 9.47 Å². The molecule has 4 aromatic heterocycles. The van der Waals surface area contributed by atoms with Gasteiger partial charge in [0.25, 0.3) is 0 Å². The Morgan fingerprint density at radius 1 is 0.478 bits per heavy atom. The third-order valence-corrected chi connectivity index (χ3v) is 29.5. The first-order chi connectivity index (χ1) is 21.5. The number of hydrogen-bond acceptors (Lipinski definition) is 6. The van der Waals surface area contributed by atoms with Crippen LogP contribution in [0.4, 0.5) is 0 Å². The van der Waals surface area contributed by atoms with E-state index in [0.717, 1.165) is 11.5 Å². The largest absolute Gasteiger partial charge is 0.497 e. The van der Waals surface area contributed by atoms with Crippen molar-refractivity contribution in [1.82, 2.24) is 0 Å². The highest BCUT2D eigenvalue weighted by Crippen LogP contribution is 2.55. The summed E-state index contributed by atoms with van der Waals surface area (Å²) in [5.74, 6) is 1.79. The van der Waals surface area contributed by atoms with Gasteiger partial charge >= 0.3 is 0 Å². The topological polar surface area (TPSA) is 18.5 Å². The van der Waals surface area contributed by atoms with Crippen molar-refractivity contribution in [3.05, 3.63) is 60.7 Å². The van der Waals surface area contributed by atoms with Crippen LogP contribution in [-0.2, 0) is 0 Å². The molecule has 0 unspecified atom stereocenters. The second-order valence-corrected chi connectivity index (χ2v) is 30.9. The lowest BCUT2D eigenvalue weighted by molar-refractivity contribution is 0.415. The average Bonchev–Trinajstić information content (AvgIpc) is 3.77. The Bertz CT molecular complexity index is 1870. The van der Waals surface area contributed by atoms with Crippen molar-refractivity contribution in [2.24, 2.45) is 0 Å². The molecule has 6 aromatic rings. The van der Waals surface area contributed by atoms with E-state index in [-0.39, 0.29) is 10.1 Å². The monoisotopic (exact) mass is 718 g/mol. The van der Waals surface area contributed by atoms with Gasteiger partial charge < -0.3 is 9.47 Å². The van der Waals surface area contributed by atoms with Gasteiger partial charge in [0, 0.05) is 20.5 Å². The third-order valence-electron chi connectivity index (χ3n) is 10.7. The number of benzene rings is 2. The van der Waals surface area contributed by atoms with Gasteiger partial charge in [-0.25, -0.2) is 0 Å². The van der Waals surface area contributed by atoms with Gasteiger partial charge in [-0.15, -0.1) is 45.3 Å².